The first kappa shape index (κ1) is 18.7. The van der Waals surface area contributed by atoms with Crippen molar-refractivity contribution >= 4 is 15.7 Å². The molecule has 0 aromatic heterocycles. The molecular formula is C20H26N2O3S. The Morgan fingerprint density at radius 2 is 1.73 bits per heavy atom. The third-order valence-corrected chi connectivity index (χ3v) is 6.83. The first-order valence-corrected chi connectivity index (χ1v) is 10.6. The fourth-order valence-corrected chi connectivity index (χ4v) is 4.74. The van der Waals surface area contributed by atoms with Gasteiger partial charge < -0.3 is 9.64 Å². The third kappa shape index (κ3) is 4.19. The Labute approximate surface area is 156 Å². The zero-order chi connectivity index (χ0) is 18.6. The summed E-state index contributed by atoms with van der Waals surface area (Å²) in [6.07, 6.45) is 0.715. The number of methoxy groups -OCH3 is 1. The molecule has 0 amide bonds. The molecule has 1 atom stereocenters. The summed E-state index contributed by atoms with van der Waals surface area (Å²) in [5, 5.41) is 0. The van der Waals surface area contributed by atoms with Crippen LogP contribution in [0, 0.1) is 0 Å². The average molecular weight is 375 g/mol. The lowest BCUT2D eigenvalue weighted by Gasteiger charge is -2.41. The Bertz CT molecular complexity index is 807. The number of rotatable bonds is 6. The predicted molar refractivity (Wildman–Crippen MR) is 105 cm³/mol. The Hall–Kier alpha value is -2.05. The molecule has 2 aromatic carbocycles. The van der Waals surface area contributed by atoms with Crippen molar-refractivity contribution in [3.63, 3.8) is 0 Å². The zero-order valence-corrected chi connectivity index (χ0v) is 16.2. The second kappa shape index (κ2) is 8.10. The maximum absolute atomic E-state index is 12.6. The summed E-state index contributed by atoms with van der Waals surface area (Å²) in [5.41, 5.74) is 2.25. The fraction of sp³-hybridized carbons (Fsp3) is 0.400. The van der Waals surface area contributed by atoms with Crippen molar-refractivity contribution in [2.75, 3.05) is 37.4 Å². The van der Waals surface area contributed by atoms with Crippen molar-refractivity contribution in [2.45, 2.75) is 19.4 Å². The number of hydrogen-bond acceptors (Lipinski definition) is 4. The molecule has 1 saturated heterocycles. The lowest BCUT2D eigenvalue weighted by Crippen LogP contribution is -2.56. The molecule has 1 aliphatic rings. The fourth-order valence-electron chi connectivity index (χ4n) is 3.45. The second-order valence-corrected chi connectivity index (χ2v) is 8.71. The van der Waals surface area contributed by atoms with Gasteiger partial charge in [-0.25, -0.2) is 8.42 Å². The van der Waals surface area contributed by atoms with Crippen molar-refractivity contribution in [1.29, 1.82) is 0 Å². The summed E-state index contributed by atoms with van der Waals surface area (Å²) in [5.74, 6) is 0.961. The van der Waals surface area contributed by atoms with Crippen LogP contribution in [0.1, 0.15) is 12.5 Å². The number of sulfonamides is 1. The smallest absolute Gasteiger partial charge is 0.214 e. The molecule has 1 heterocycles. The minimum atomic E-state index is -3.22. The number of hydrogen-bond donors (Lipinski definition) is 0. The van der Waals surface area contributed by atoms with E-state index in [9.17, 15) is 8.42 Å². The molecule has 2 aromatic rings. The standard InChI is InChI=1S/C20H26N2O3S/c1-3-26(23,24)22-14-13-21(18-9-11-20(25-2)12-10-18)16-19(22)15-17-7-5-4-6-8-17/h4-12,19H,3,13-16H2,1-2H3. The minimum absolute atomic E-state index is 0.0711. The van der Waals surface area contributed by atoms with Crippen molar-refractivity contribution < 1.29 is 13.2 Å². The van der Waals surface area contributed by atoms with Crippen molar-refractivity contribution in [3.8, 4) is 5.75 Å². The van der Waals surface area contributed by atoms with Gasteiger partial charge >= 0.3 is 0 Å². The third-order valence-electron chi connectivity index (χ3n) is 4.90. The normalized spacial score (nSPS) is 18.7. The van der Waals surface area contributed by atoms with Crippen LogP contribution in [0.15, 0.2) is 54.6 Å². The van der Waals surface area contributed by atoms with E-state index >= 15 is 0 Å². The molecular weight excluding hydrogens is 348 g/mol. The van der Waals surface area contributed by atoms with Gasteiger partial charge in [0.15, 0.2) is 0 Å². The summed E-state index contributed by atoms with van der Waals surface area (Å²) in [6.45, 7) is 3.60. The molecule has 0 N–H and O–H groups in total. The van der Waals surface area contributed by atoms with Crippen LogP contribution in [0.25, 0.3) is 0 Å². The van der Waals surface area contributed by atoms with Gasteiger partial charge in [-0.3, -0.25) is 0 Å². The van der Waals surface area contributed by atoms with Gasteiger partial charge in [0.2, 0.25) is 10.0 Å². The Kier molecular flexibility index (Phi) is 5.84. The first-order chi connectivity index (χ1) is 12.5. The number of piperazine rings is 1. The van der Waals surface area contributed by atoms with Gasteiger partial charge in [0.05, 0.1) is 12.9 Å². The van der Waals surface area contributed by atoms with Crippen molar-refractivity contribution in [1.82, 2.24) is 4.31 Å². The number of anilines is 1. The van der Waals surface area contributed by atoms with E-state index in [1.165, 1.54) is 0 Å². The van der Waals surface area contributed by atoms with Gasteiger partial charge in [0, 0.05) is 31.4 Å². The maximum atomic E-state index is 12.6. The monoisotopic (exact) mass is 374 g/mol. The minimum Gasteiger partial charge on any atom is -0.497 e. The molecule has 1 unspecified atom stereocenters. The van der Waals surface area contributed by atoms with E-state index < -0.39 is 10.0 Å². The van der Waals surface area contributed by atoms with E-state index in [1.807, 2.05) is 42.5 Å². The topological polar surface area (TPSA) is 49.9 Å². The van der Waals surface area contributed by atoms with Crippen LogP contribution in [-0.2, 0) is 16.4 Å². The summed E-state index contributed by atoms with van der Waals surface area (Å²) in [7, 11) is -1.57. The van der Waals surface area contributed by atoms with Crippen LogP contribution in [0.5, 0.6) is 5.75 Å². The van der Waals surface area contributed by atoms with Gasteiger partial charge in [-0.2, -0.15) is 4.31 Å². The lowest BCUT2D eigenvalue weighted by molar-refractivity contribution is 0.288. The number of ether oxygens (including phenoxy) is 1. The highest BCUT2D eigenvalue weighted by atomic mass is 32.2. The van der Waals surface area contributed by atoms with Crippen molar-refractivity contribution in [2.24, 2.45) is 0 Å². The highest BCUT2D eigenvalue weighted by Crippen LogP contribution is 2.25. The largest absolute Gasteiger partial charge is 0.497 e. The molecule has 1 fully saturated rings. The molecule has 0 spiro atoms. The molecule has 26 heavy (non-hydrogen) atoms. The van der Waals surface area contributed by atoms with Crippen LogP contribution in [0.4, 0.5) is 5.69 Å². The average Bonchev–Trinajstić information content (AvgIpc) is 2.68. The van der Waals surface area contributed by atoms with Crippen LogP contribution < -0.4 is 9.64 Å². The predicted octanol–water partition coefficient (Wildman–Crippen LogP) is 2.78. The number of benzene rings is 2. The van der Waals surface area contributed by atoms with E-state index in [2.05, 4.69) is 17.0 Å². The SMILES string of the molecule is CCS(=O)(=O)N1CCN(c2ccc(OC)cc2)CC1Cc1ccccc1. The Balaban J connectivity index is 1.83. The molecule has 0 bridgehead atoms. The van der Waals surface area contributed by atoms with E-state index in [1.54, 1.807) is 18.3 Å². The van der Waals surface area contributed by atoms with Gasteiger partial charge in [-0.15, -0.1) is 0 Å². The molecule has 6 heteroatoms. The summed E-state index contributed by atoms with van der Waals surface area (Å²) in [4.78, 5) is 2.26. The van der Waals surface area contributed by atoms with Gasteiger partial charge in [-0.05, 0) is 43.2 Å². The molecule has 3 rings (SSSR count). The molecule has 0 aliphatic carbocycles. The van der Waals surface area contributed by atoms with E-state index in [0.29, 0.717) is 26.1 Å². The molecule has 0 saturated carbocycles. The zero-order valence-electron chi connectivity index (χ0n) is 15.3. The van der Waals surface area contributed by atoms with Gasteiger partial charge in [0.25, 0.3) is 0 Å². The van der Waals surface area contributed by atoms with Crippen LogP contribution in [-0.4, -0.2) is 51.3 Å². The van der Waals surface area contributed by atoms with Gasteiger partial charge in [-0.1, -0.05) is 30.3 Å². The lowest BCUT2D eigenvalue weighted by atomic mass is 10.0. The number of nitrogens with zero attached hydrogens (tertiary/aromatic N) is 2. The second-order valence-electron chi connectivity index (χ2n) is 6.50. The Morgan fingerprint density at radius 1 is 1.04 bits per heavy atom. The maximum Gasteiger partial charge on any atom is 0.214 e. The van der Waals surface area contributed by atoms with Crippen molar-refractivity contribution in [3.05, 3.63) is 60.2 Å². The highest BCUT2D eigenvalue weighted by Gasteiger charge is 2.34. The van der Waals surface area contributed by atoms with Crippen LogP contribution in [0.3, 0.4) is 0 Å². The van der Waals surface area contributed by atoms with Crippen LogP contribution >= 0.6 is 0 Å². The summed E-state index contributed by atoms with van der Waals surface area (Å²) in [6, 6.07) is 18.0. The van der Waals surface area contributed by atoms with Gasteiger partial charge in [0.1, 0.15) is 5.75 Å². The molecule has 140 valence electrons. The van der Waals surface area contributed by atoms with E-state index in [4.69, 9.17) is 4.74 Å². The van der Waals surface area contributed by atoms with E-state index in [-0.39, 0.29) is 11.8 Å². The first-order valence-electron chi connectivity index (χ1n) is 8.96. The van der Waals surface area contributed by atoms with Crippen LogP contribution in [0.2, 0.25) is 0 Å². The molecule has 1 aliphatic heterocycles. The van der Waals surface area contributed by atoms with E-state index in [0.717, 1.165) is 17.0 Å². The molecule has 0 radical (unpaired) electrons. The summed E-state index contributed by atoms with van der Waals surface area (Å²) >= 11 is 0. The summed E-state index contributed by atoms with van der Waals surface area (Å²) < 4.78 is 32.1. The molecule has 5 nitrogen and oxygen atoms in total. The highest BCUT2D eigenvalue weighted by molar-refractivity contribution is 7.89. The Morgan fingerprint density at radius 3 is 2.35 bits per heavy atom. The quantitative estimate of drug-likeness (QED) is 0.780.